The zero-order valence-corrected chi connectivity index (χ0v) is 19.9. The SMILES string of the molecule is COc1ccc(CS[C@H](c2ccccc2)[C@H](OC(=N)C(Cl)(Cl)Cl)c2ccccc2)cc1. The molecule has 2 atom stereocenters. The first kappa shape index (κ1) is 23.8. The molecule has 0 aliphatic heterocycles. The molecule has 162 valence electrons. The standard InChI is InChI=1S/C24H22Cl3NO2S/c1-29-20-14-12-17(13-15-20)16-31-22(19-10-6-3-7-11-19)21(18-8-4-2-5-9-18)30-23(28)24(25,26)27/h2-15,21-22,28H,16H2,1H3/t21-,22-/m1/s1. The van der Waals surface area contributed by atoms with Gasteiger partial charge in [-0.2, -0.15) is 0 Å². The number of alkyl halides is 3. The summed E-state index contributed by atoms with van der Waals surface area (Å²) in [6.07, 6.45) is -0.519. The summed E-state index contributed by atoms with van der Waals surface area (Å²) in [7, 11) is 1.65. The second kappa shape index (κ2) is 11.1. The highest BCUT2D eigenvalue weighted by molar-refractivity contribution is 7.98. The van der Waals surface area contributed by atoms with Gasteiger partial charge >= 0.3 is 0 Å². The molecule has 7 heteroatoms. The van der Waals surface area contributed by atoms with E-state index in [4.69, 9.17) is 49.7 Å². The number of halogens is 3. The van der Waals surface area contributed by atoms with Crippen molar-refractivity contribution in [3.63, 3.8) is 0 Å². The quantitative estimate of drug-likeness (QED) is 0.197. The largest absolute Gasteiger partial charge is 0.497 e. The molecule has 31 heavy (non-hydrogen) atoms. The van der Waals surface area contributed by atoms with E-state index >= 15 is 0 Å². The Morgan fingerprint density at radius 3 is 1.94 bits per heavy atom. The van der Waals surface area contributed by atoms with E-state index in [0.717, 1.165) is 28.2 Å². The second-order valence-corrected chi connectivity index (χ2v) is 10.2. The Kier molecular flexibility index (Phi) is 8.56. The van der Waals surface area contributed by atoms with Crippen LogP contribution in [0.25, 0.3) is 0 Å². The van der Waals surface area contributed by atoms with E-state index in [9.17, 15) is 0 Å². The monoisotopic (exact) mass is 493 g/mol. The lowest BCUT2D eigenvalue weighted by Gasteiger charge is -2.30. The average Bonchev–Trinajstić information content (AvgIpc) is 2.79. The highest BCUT2D eigenvalue weighted by Crippen LogP contribution is 2.45. The van der Waals surface area contributed by atoms with Crippen LogP contribution in [0.1, 0.15) is 28.0 Å². The molecule has 0 spiro atoms. The number of hydrogen-bond acceptors (Lipinski definition) is 4. The summed E-state index contributed by atoms with van der Waals surface area (Å²) in [5.74, 6) is 1.14. The summed E-state index contributed by atoms with van der Waals surface area (Å²) < 4.78 is 9.30. The minimum atomic E-state index is -1.94. The van der Waals surface area contributed by atoms with Crippen molar-refractivity contribution in [2.45, 2.75) is 20.9 Å². The van der Waals surface area contributed by atoms with Crippen LogP contribution in [0.2, 0.25) is 0 Å². The molecule has 0 radical (unpaired) electrons. The molecule has 0 aliphatic rings. The van der Waals surface area contributed by atoms with Crippen molar-refractivity contribution in [2.75, 3.05) is 7.11 Å². The smallest absolute Gasteiger partial charge is 0.265 e. The van der Waals surface area contributed by atoms with Crippen LogP contribution in [-0.4, -0.2) is 16.8 Å². The third-order valence-electron chi connectivity index (χ3n) is 4.62. The van der Waals surface area contributed by atoms with E-state index in [0.29, 0.717) is 0 Å². The minimum absolute atomic E-state index is 0.140. The van der Waals surface area contributed by atoms with Crippen LogP contribution >= 0.6 is 46.6 Å². The van der Waals surface area contributed by atoms with Crippen molar-refractivity contribution in [3.05, 3.63) is 102 Å². The van der Waals surface area contributed by atoms with E-state index < -0.39 is 15.8 Å². The maximum absolute atomic E-state index is 8.18. The Morgan fingerprint density at radius 2 is 1.42 bits per heavy atom. The predicted molar refractivity (Wildman–Crippen MR) is 132 cm³/mol. The summed E-state index contributed by atoms with van der Waals surface area (Å²) in [5.41, 5.74) is 3.11. The fourth-order valence-corrected chi connectivity index (χ4v) is 4.49. The Labute approximate surface area is 202 Å². The van der Waals surface area contributed by atoms with Crippen molar-refractivity contribution in [1.29, 1.82) is 5.41 Å². The molecule has 0 amide bonds. The highest BCUT2D eigenvalue weighted by atomic mass is 35.6. The Hall–Kier alpha value is -1.85. The summed E-state index contributed by atoms with van der Waals surface area (Å²) in [6.45, 7) is 0. The van der Waals surface area contributed by atoms with Gasteiger partial charge in [0.05, 0.1) is 12.4 Å². The zero-order chi connectivity index (χ0) is 22.3. The number of nitrogens with one attached hydrogen (secondary N) is 1. The molecule has 0 aromatic heterocycles. The molecular weight excluding hydrogens is 473 g/mol. The predicted octanol–water partition coefficient (Wildman–Crippen LogP) is 7.78. The fraction of sp³-hybridized carbons (Fsp3) is 0.208. The summed E-state index contributed by atoms with van der Waals surface area (Å²) in [6, 6.07) is 27.7. The Morgan fingerprint density at radius 1 is 0.871 bits per heavy atom. The van der Waals surface area contributed by atoms with E-state index in [-0.39, 0.29) is 5.25 Å². The number of thioether (sulfide) groups is 1. The number of benzene rings is 3. The molecule has 3 aromatic rings. The van der Waals surface area contributed by atoms with Crippen LogP contribution in [0.3, 0.4) is 0 Å². The van der Waals surface area contributed by atoms with Gasteiger partial charge in [0.2, 0.25) is 5.90 Å². The Bertz CT molecular complexity index is 964. The molecule has 0 heterocycles. The molecule has 1 N–H and O–H groups in total. The van der Waals surface area contributed by atoms with Gasteiger partial charge in [-0.3, -0.25) is 5.41 Å². The molecule has 0 unspecified atom stereocenters. The highest BCUT2D eigenvalue weighted by Gasteiger charge is 2.35. The average molecular weight is 495 g/mol. The fourth-order valence-electron chi connectivity index (χ4n) is 3.05. The van der Waals surface area contributed by atoms with Gasteiger partial charge in [-0.05, 0) is 28.8 Å². The van der Waals surface area contributed by atoms with Crippen molar-refractivity contribution in [3.8, 4) is 5.75 Å². The van der Waals surface area contributed by atoms with Crippen LogP contribution in [0.4, 0.5) is 0 Å². The molecule has 3 nitrogen and oxygen atoms in total. The van der Waals surface area contributed by atoms with Crippen molar-refractivity contribution in [2.24, 2.45) is 0 Å². The second-order valence-electron chi connectivity index (χ2n) is 6.77. The van der Waals surface area contributed by atoms with Crippen molar-refractivity contribution < 1.29 is 9.47 Å². The number of methoxy groups -OCH3 is 1. The van der Waals surface area contributed by atoms with Gasteiger partial charge in [-0.15, -0.1) is 11.8 Å². The number of hydrogen-bond donors (Lipinski definition) is 1. The summed E-state index contributed by atoms with van der Waals surface area (Å²) >= 11 is 19.5. The zero-order valence-electron chi connectivity index (χ0n) is 16.8. The van der Waals surface area contributed by atoms with Crippen LogP contribution in [0.15, 0.2) is 84.9 Å². The molecule has 0 aliphatic carbocycles. The maximum atomic E-state index is 8.18. The van der Waals surface area contributed by atoms with Gasteiger partial charge in [0.1, 0.15) is 11.9 Å². The first-order valence-corrected chi connectivity index (χ1v) is 11.7. The Balaban J connectivity index is 1.93. The van der Waals surface area contributed by atoms with Gasteiger partial charge in [-0.1, -0.05) is 108 Å². The maximum Gasteiger partial charge on any atom is 0.265 e. The molecular formula is C24H22Cl3NO2S. The van der Waals surface area contributed by atoms with Crippen molar-refractivity contribution >= 4 is 52.5 Å². The third kappa shape index (κ3) is 6.81. The van der Waals surface area contributed by atoms with E-state index in [1.54, 1.807) is 18.9 Å². The van der Waals surface area contributed by atoms with Gasteiger partial charge < -0.3 is 9.47 Å². The lowest BCUT2D eigenvalue weighted by molar-refractivity contribution is 0.182. The third-order valence-corrected chi connectivity index (χ3v) is 6.52. The van der Waals surface area contributed by atoms with Gasteiger partial charge in [-0.25, -0.2) is 0 Å². The molecule has 0 saturated heterocycles. The first-order valence-electron chi connectivity index (χ1n) is 9.55. The van der Waals surface area contributed by atoms with Crippen molar-refractivity contribution in [1.82, 2.24) is 0 Å². The minimum Gasteiger partial charge on any atom is -0.497 e. The van der Waals surface area contributed by atoms with Crippen LogP contribution < -0.4 is 4.74 Å². The van der Waals surface area contributed by atoms with E-state index in [1.165, 1.54) is 0 Å². The lowest BCUT2D eigenvalue weighted by atomic mass is 10.0. The van der Waals surface area contributed by atoms with E-state index in [1.807, 2.05) is 84.9 Å². The van der Waals surface area contributed by atoms with Crippen LogP contribution in [0.5, 0.6) is 5.75 Å². The van der Waals surface area contributed by atoms with Crippen LogP contribution in [-0.2, 0) is 10.5 Å². The first-order chi connectivity index (χ1) is 14.9. The normalized spacial score (nSPS) is 13.3. The number of ether oxygens (including phenoxy) is 2. The lowest BCUT2D eigenvalue weighted by Crippen LogP contribution is -2.26. The molecule has 3 aromatic carbocycles. The molecule has 0 fully saturated rings. The van der Waals surface area contributed by atoms with Gasteiger partial charge in [0, 0.05) is 5.75 Å². The number of rotatable bonds is 8. The summed E-state index contributed by atoms with van der Waals surface area (Å²) in [4.78, 5) is 0. The van der Waals surface area contributed by atoms with E-state index in [2.05, 4.69) is 0 Å². The van der Waals surface area contributed by atoms with Gasteiger partial charge in [0.25, 0.3) is 3.79 Å². The van der Waals surface area contributed by atoms with Gasteiger partial charge in [0.15, 0.2) is 0 Å². The van der Waals surface area contributed by atoms with Crippen LogP contribution in [0, 0.1) is 5.41 Å². The molecule has 0 saturated carbocycles. The topological polar surface area (TPSA) is 42.3 Å². The summed E-state index contributed by atoms with van der Waals surface area (Å²) in [5, 5.41) is 8.04. The molecule has 3 rings (SSSR count). The molecule has 0 bridgehead atoms.